The summed E-state index contributed by atoms with van der Waals surface area (Å²) >= 11 is 0. The second kappa shape index (κ2) is 59.2. The molecule has 0 atom stereocenters. The molecule has 0 radical (unpaired) electrons. The van der Waals surface area contributed by atoms with Gasteiger partial charge in [0, 0.05) is 64.8 Å². The largest absolute Gasteiger partial charge is 0.507 e. The van der Waals surface area contributed by atoms with Crippen molar-refractivity contribution in [3.05, 3.63) is 143 Å². The standard InChI is InChI=1S/C18H27NO4.C16H23NO4.C15H21NO5.C15H21NO4.C14H19NO4/c20-16-12-9-8-11-15(16)18(23)19-14-10-6-4-2-1-3-5-7-13-17(21)22;18-14-10-7-6-9-13(14)16(21)17-12-8-4-2-1-3-5-11-15(19)20;17-11-7-6-8-12(18)14(11)15(21)16-10-5-3-1-2-4-9-13(19)20;17-13-9-6-5-8-12(13)15(20)16-11-7-3-1-2-4-10-14(18)19;16-12-8-5-4-7-11(12)14(19)15-10-6-2-1-3-9-13(17)18/h8-9,11-12,20H,1-7,10,13-14H2,(H,19,23)(H,21,22);6-7,9-10,18H,1-5,8,11-12H2,(H,17,21)(H,19,20);6-8,17-18H,1-5,9-10H2,(H,16,21)(H,19,20);5-6,8-9,17H,1-4,7,10-11H2,(H,16,20)(H,18,19);4-5,7-8,16H,1-3,6,9-10H2,(H,15,19)(H,17,18). The van der Waals surface area contributed by atoms with Gasteiger partial charge in [-0.05, 0) is 125 Å². The highest BCUT2D eigenvalue weighted by Crippen LogP contribution is 2.26. The molecule has 5 rings (SSSR count). The predicted molar refractivity (Wildman–Crippen MR) is 394 cm³/mol. The quantitative estimate of drug-likeness (QED) is 0.0161. The number of rotatable bonds is 48. The van der Waals surface area contributed by atoms with Gasteiger partial charge in [0.1, 0.15) is 40.1 Å². The number of carboxylic acids is 5. The minimum absolute atomic E-state index is 0.00608. The molecule has 574 valence electrons. The van der Waals surface area contributed by atoms with Gasteiger partial charge in [-0.15, -0.1) is 0 Å². The van der Waals surface area contributed by atoms with Gasteiger partial charge in [-0.3, -0.25) is 47.9 Å². The summed E-state index contributed by atoms with van der Waals surface area (Å²) in [7, 11) is 0. The van der Waals surface area contributed by atoms with E-state index in [0.717, 1.165) is 161 Å². The molecule has 0 heterocycles. The zero-order valence-electron chi connectivity index (χ0n) is 59.8. The van der Waals surface area contributed by atoms with Crippen molar-refractivity contribution in [3.8, 4) is 34.5 Å². The number of unbranched alkanes of at least 4 members (excludes halogenated alkanes) is 23. The summed E-state index contributed by atoms with van der Waals surface area (Å²) in [5, 5.41) is 113. The normalized spacial score (nSPS) is 10.3. The molecule has 0 unspecified atom stereocenters. The van der Waals surface area contributed by atoms with Gasteiger partial charge in [0.2, 0.25) is 0 Å². The fourth-order valence-electron chi connectivity index (χ4n) is 10.1. The molecule has 0 spiro atoms. The summed E-state index contributed by atoms with van der Waals surface area (Å²) in [6.45, 7) is 2.74. The minimum Gasteiger partial charge on any atom is -0.507 e. The highest BCUT2D eigenvalue weighted by Gasteiger charge is 2.16. The van der Waals surface area contributed by atoms with Crippen LogP contribution in [0.1, 0.15) is 264 Å². The van der Waals surface area contributed by atoms with Gasteiger partial charge in [0.25, 0.3) is 29.5 Å². The van der Waals surface area contributed by atoms with Crippen molar-refractivity contribution < 1.29 is 104 Å². The van der Waals surface area contributed by atoms with Crippen molar-refractivity contribution in [2.75, 3.05) is 32.7 Å². The van der Waals surface area contributed by atoms with Crippen LogP contribution in [0.15, 0.2) is 115 Å². The third kappa shape index (κ3) is 47.7. The van der Waals surface area contributed by atoms with E-state index in [1.54, 1.807) is 72.8 Å². The van der Waals surface area contributed by atoms with Crippen LogP contribution in [-0.4, -0.2) is 148 Å². The van der Waals surface area contributed by atoms with Gasteiger partial charge in [-0.25, -0.2) is 0 Å². The maximum absolute atomic E-state index is 11.8. The van der Waals surface area contributed by atoms with Crippen LogP contribution in [0.4, 0.5) is 0 Å². The number of phenolic OH excluding ortho intramolecular Hbond substituents is 6. The molecule has 16 N–H and O–H groups in total. The van der Waals surface area contributed by atoms with Crippen molar-refractivity contribution >= 4 is 59.4 Å². The number of phenols is 6. The maximum atomic E-state index is 11.8. The van der Waals surface area contributed by atoms with Crippen LogP contribution in [0.2, 0.25) is 0 Å². The first-order chi connectivity index (χ1) is 50.0. The van der Waals surface area contributed by atoms with Gasteiger partial charge in [0.15, 0.2) is 0 Å². The highest BCUT2D eigenvalue weighted by molar-refractivity contribution is 6.00. The maximum Gasteiger partial charge on any atom is 0.303 e. The van der Waals surface area contributed by atoms with E-state index < -0.39 is 35.8 Å². The Labute approximate surface area is 609 Å². The van der Waals surface area contributed by atoms with Gasteiger partial charge >= 0.3 is 29.8 Å². The van der Waals surface area contributed by atoms with Gasteiger partial charge in [-0.1, -0.05) is 170 Å². The fraction of sp³-hybridized carbons (Fsp3) is 0.487. The molecular weight excluding hydrogens is 1340 g/mol. The Kier molecular flexibility index (Phi) is 52.1. The van der Waals surface area contributed by atoms with Crippen LogP contribution in [0.25, 0.3) is 0 Å². The third-order valence-corrected chi connectivity index (χ3v) is 15.9. The number of aliphatic carboxylic acids is 5. The number of carboxylic acid groups (broad SMARTS) is 5. The first-order valence-corrected chi connectivity index (χ1v) is 36.1. The molecule has 0 bridgehead atoms. The number of nitrogens with one attached hydrogen (secondary N) is 5. The van der Waals surface area contributed by atoms with E-state index in [0.29, 0.717) is 63.1 Å². The second-order valence-corrected chi connectivity index (χ2v) is 24.6. The minimum atomic E-state index is -0.773. The predicted octanol–water partition coefficient (Wildman–Crippen LogP) is 13.6. The van der Waals surface area contributed by atoms with Crippen LogP contribution in [0.3, 0.4) is 0 Å². The van der Waals surface area contributed by atoms with Crippen molar-refractivity contribution in [1.29, 1.82) is 0 Å². The lowest BCUT2D eigenvalue weighted by Gasteiger charge is -2.08. The highest BCUT2D eigenvalue weighted by atomic mass is 16.4. The first-order valence-electron chi connectivity index (χ1n) is 36.1. The third-order valence-electron chi connectivity index (χ3n) is 15.9. The van der Waals surface area contributed by atoms with E-state index in [4.69, 9.17) is 25.5 Å². The Morgan fingerprint density at radius 2 is 0.365 bits per heavy atom. The van der Waals surface area contributed by atoms with Crippen molar-refractivity contribution in [2.24, 2.45) is 0 Å². The van der Waals surface area contributed by atoms with Gasteiger partial charge < -0.3 is 82.8 Å². The Morgan fingerprint density at radius 1 is 0.202 bits per heavy atom. The van der Waals surface area contributed by atoms with Crippen molar-refractivity contribution in [3.63, 3.8) is 0 Å². The molecule has 0 aliphatic rings. The van der Waals surface area contributed by atoms with E-state index in [-0.39, 0.29) is 107 Å². The van der Waals surface area contributed by atoms with E-state index in [1.807, 2.05) is 0 Å². The molecule has 5 aromatic carbocycles. The lowest BCUT2D eigenvalue weighted by Crippen LogP contribution is -2.24. The number of carbonyl (C=O) groups excluding carboxylic acids is 5. The number of amides is 5. The molecule has 5 aromatic rings. The molecule has 26 nitrogen and oxygen atoms in total. The van der Waals surface area contributed by atoms with Gasteiger partial charge in [-0.2, -0.15) is 0 Å². The van der Waals surface area contributed by atoms with Crippen LogP contribution >= 0.6 is 0 Å². The fourth-order valence-corrected chi connectivity index (χ4v) is 10.1. The van der Waals surface area contributed by atoms with Crippen LogP contribution in [-0.2, 0) is 24.0 Å². The number of para-hydroxylation sites is 4. The van der Waals surface area contributed by atoms with Crippen LogP contribution in [0, 0.1) is 0 Å². The Balaban J connectivity index is 0.000000651. The lowest BCUT2D eigenvalue weighted by molar-refractivity contribution is -0.138. The van der Waals surface area contributed by atoms with Gasteiger partial charge in [0.05, 0.1) is 22.3 Å². The first kappa shape index (κ1) is 91.6. The molecule has 0 aromatic heterocycles. The number of benzene rings is 5. The lowest BCUT2D eigenvalue weighted by atomic mass is 10.1. The summed E-state index contributed by atoms with van der Waals surface area (Å²) in [5.41, 5.74) is 1.06. The number of hydrogen-bond donors (Lipinski definition) is 16. The monoisotopic (exact) mass is 1450 g/mol. The molecule has 0 aliphatic heterocycles. The smallest absolute Gasteiger partial charge is 0.303 e. The molecule has 26 heteroatoms. The molecule has 0 saturated heterocycles. The summed E-state index contributed by atoms with van der Waals surface area (Å²) in [6, 6.07) is 30.0. The van der Waals surface area contributed by atoms with Crippen LogP contribution < -0.4 is 26.6 Å². The SMILES string of the molecule is O=C(O)CCCCCCCCCCNC(=O)c1ccccc1O.O=C(O)CCCCCCCCNC(=O)c1ccccc1O.O=C(O)CCCCCCCNC(=O)c1c(O)cccc1O.O=C(O)CCCCCCCNC(=O)c1ccccc1O.O=C(O)CCCCCCNC(=O)c1ccccc1O. The Morgan fingerprint density at radius 3 is 0.558 bits per heavy atom. The van der Waals surface area contributed by atoms with E-state index in [9.17, 15) is 78.6 Å². The van der Waals surface area contributed by atoms with E-state index in [1.165, 1.54) is 42.5 Å². The van der Waals surface area contributed by atoms with Crippen molar-refractivity contribution in [1.82, 2.24) is 26.6 Å². The molecule has 0 aliphatic carbocycles. The molecule has 0 fully saturated rings. The van der Waals surface area contributed by atoms with E-state index in [2.05, 4.69) is 26.6 Å². The number of carbonyl (C=O) groups is 10. The Hall–Kier alpha value is -10.4. The number of aromatic hydroxyl groups is 6. The average molecular weight is 1450 g/mol. The summed E-state index contributed by atoms with van der Waals surface area (Å²) in [4.78, 5) is 110. The zero-order valence-corrected chi connectivity index (χ0v) is 59.8. The summed E-state index contributed by atoms with van der Waals surface area (Å²) < 4.78 is 0. The second-order valence-electron chi connectivity index (χ2n) is 24.6. The topological polar surface area (TPSA) is 453 Å². The summed E-state index contributed by atoms with van der Waals surface area (Å²) in [5.74, 6) is -5.83. The molecule has 0 saturated carbocycles. The van der Waals surface area contributed by atoms with E-state index >= 15 is 0 Å². The van der Waals surface area contributed by atoms with Crippen molar-refractivity contribution in [2.45, 2.75) is 212 Å². The summed E-state index contributed by atoms with van der Waals surface area (Å²) in [6.07, 6.45) is 26.8. The average Bonchev–Trinajstić information content (AvgIpc) is 0.859. The van der Waals surface area contributed by atoms with Crippen LogP contribution in [0.5, 0.6) is 34.5 Å². The number of hydrogen-bond acceptors (Lipinski definition) is 16. The zero-order chi connectivity index (χ0) is 77.0. The Bertz CT molecular complexity index is 3290. The molecule has 5 amide bonds. The molecular formula is C78H111N5O21. The molecule has 104 heavy (non-hydrogen) atoms.